The van der Waals surface area contributed by atoms with E-state index in [0.717, 1.165) is 21.3 Å². The molecule has 0 aliphatic rings. The Morgan fingerprint density at radius 2 is 1.79 bits per heavy atom. The number of hydrogen-bond acceptors (Lipinski definition) is 2. The molecule has 0 aliphatic heterocycles. The van der Waals surface area contributed by atoms with Gasteiger partial charge in [-0.25, -0.2) is 13.8 Å². The van der Waals surface area contributed by atoms with E-state index in [1.165, 1.54) is 12.1 Å². The minimum absolute atomic E-state index is 0.609. The molecular weight excluding hydrogens is 264 g/mol. The van der Waals surface area contributed by atoms with Crippen molar-refractivity contribution in [2.75, 3.05) is 0 Å². The van der Waals surface area contributed by atoms with E-state index in [1.54, 1.807) is 23.5 Å². The van der Waals surface area contributed by atoms with Crippen molar-refractivity contribution < 1.29 is 8.78 Å². The first-order chi connectivity index (χ1) is 9.22. The molecule has 1 heterocycles. The number of thiazole rings is 1. The van der Waals surface area contributed by atoms with E-state index in [-0.39, 0.29) is 0 Å². The van der Waals surface area contributed by atoms with E-state index in [2.05, 4.69) is 4.98 Å². The minimum Gasteiger partial charge on any atom is -0.237 e. The van der Waals surface area contributed by atoms with Crippen LogP contribution in [-0.2, 0) is 0 Å². The van der Waals surface area contributed by atoms with Gasteiger partial charge in [0.15, 0.2) is 11.6 Å². The third-order valence-electron chi connectivity index (χ3n) is 2.67. The highest BCUT2D eigenvalue weighted by atomic mass is 32.1. The van der Waals surface area contributed by atoms with Crippen molar-refractivity contribution in [2.24, 2.45) is 0 Å². The van der Waals surface area contributed by atoms with Crippen molar-refractivity contribution in [3.05, 3.63) is 64.7 Å². The van der Waals surface area contributed by atoms with Crippen LogP contribution in [0.1, 0.15) is 10.6 Å². The Bertz CT molecular complexity index is 729. The summed E-state index contributed by atoms with van der Waals surface area (Å²) in [4.78, 5) is 4.43. The number of halogens is 2. The minimum atomic E-state index is -0.841. The standard InChI is InChI=1S/C15H9F2NS/c16-11-7-5-10(9-12(11)17)6-8-15-18-13-3-1-2-4-14(13)19-15/h1-9H. The van der Waals surface area contributed by atoms with Crippen LogP contribution < -0.4 is 0 Å². The summed E-state index contributed by atoms with van der Waals surface area (Å²) in [6.45, 7) is 0. The van der Waals surface area contributed by atoms with Crippen molar-refractivity contribution in [1.29, 1.82) is 0 Å². The summed E-state index contributed by atoms with van der Waals surface area (Å²) in [7, 11) is 0. The predicted molar refractivity (Wildman–Crippen MR) is 74.9 cm³/mol. The maximum Gasteiger partial charge on any atom is 0.159 e. The van der Waals surface area contributed by atoms with Crippen LogP contribution in [0.3, 0.4) is 0 Å². The molecule has 0 unspecified atom stereocenters. The molecule has 1 aromatic heterocycles. The van der Waals surface area contributed by atoms with Gasteiger partial charge in [-0.2, -0.15) is 0 Å². The number of hydrogen-bond donors (Lipinski definition) is 0. The van der Waals surface area contributed by atoms with Gasteiger partial charge < -0.3 is 0 Å². The second kappa shape index (κ2) is 4.90. The Morgan fingerprint density at radius 3 is 2.58 bits per heavy atom. The molecule has 0 fully saturated rings. The van der Waals surface area contributed by atoms with Gasteiger partial charge in [0.25, 0.3) is 0 Å². The van der Waals surface area contributed by atoms with E-state index in [9.17, 15) is 8.78 Å². The SMILES string of the molecule is Fc1ccc(C=Cc2nc3ccccc3s2)cc1F. The summed E-state index contributed by atoms with van der Waals surface area (Å²) in [5.41, 5.74) is 1.55. The van der Waals surface area contributed by atoms with Gasteiger partial charge in [-0.3, -0.25) is 0 Å². The largest absolute Gasteiger partial charge is 0.237 e. The van der Waals surface area contributed by atoms with Crippen LogP contribution >= 0.6 is 11.3 Å². The molecule has 19 heavy (non-hydrogen) atoms. The summed E-state index contributed by atoms with van der Waals surface area (Å²) in [5, 5.41) is 0.839. The molecule has 4 heteroatoms. The Kier molecular flexibility index (Phi) is 3.09. The quantitative estimate of drug-likeness (QED) is 0.657. The zero-order valence-corrected chi connectivity index (χ0v) is 10.6. The van der Waals surface area contributed by atoms with Gasteiger partial charge in [-0.05, 0) is 35.9 Å². The van der Waals surface area contributed by atoms with Gasteiger partial charge in [-0.15, -0.1) is 11.3 Å². The molecule has 0 atom stereocenters. The highest BCUT2D eigenvalue weighted by Crippen LogP contribution is 2.23. The van der Waals surface area contributed by atoms with E-state index < -0.39 is 11.6 Å². The topological polar surface area (TPSA) is 12.9 Å². The predicted octanol–water partition coefficient (Wildman–Crippen LogP) is 4.74. The van der Waals surface area contributed by atoms with Crippen LogP contribution in [0.2, 0.25) is 0 Å². The van der Waals surface area contributed by atoms with Crippen LogP contribution in [0.15, 0.2) is 42.5 Å². The zero-order valence-electron chi connectivity index (χ0n) is 9.81. The fraction of sp³-hybridized carbons (Fsp3) is 0. The van der Waals surface area contributed by atoms with Crippen molar-refractivity contribution in [2.45, 2.75) is 0 Å². The molecule has 0 N–H and O–H groups in total. The number of benzene rings is 2. The Labute approximate surface area is 112 Å². The second-order valence-electron chi connectivity index (χ2n) is 4.03. The summed E-state index contributed by atoms with van der Waals surface area (Å²) in [6, 6.07) is 11.7. The molecular formula is C15H9F2NS. The third-order valence-corrected chi connectivity index (χ3v) is 3.67. The monoisotopic (exact) mass is 273 g/mol. The van der Waals surface area contributed by atoms with Crippen LogP contribution in [-0.4, -0.2) is 4.98 Å². The Morgan fingerprint density at radius 1 is 0.947 bits per heavy atom. The van der Waals surface area contributed by atoms with Gasteiger partial charge in [0.1, 0.15) is 5.01 Å². The molecule has 3 aromatic rings. The molecule has 2 aromatic carbocycles. The maximum absolute atomic E-state index is 13.1. The lowest BCUT2D eigenvalue weighted by Crippen LogP contribution is -1.83. The first-order valence-electron chi connectivity index (χ1n) is 5.71. The normalized spacial score (nSPS) is 11.5. The maximum atomic E-state index is 13.1. The molecule has 0 aliphatic carbocycles. The van der Waals surface area contributed by atoms with E-state index in [0.29, 0.717) is 5.56 Å². The molecule has 3 rings (SSSR count). The lowest BCUT2D eigenvalue weighted by atomic mass is 10.2. The average Bonchev–Trinajstić information content (AvgIpc) is 2.83. The van der Waals surface area contributed by atoms with Gasteiger partial charge in [0, 0.05) is 0 Å². The molecule has 0 bridgehead atoms. The van der Waals surface area contributed by atoms with Crippen LogP contribution in [0.25, 0.3) is 22.4 Å². The first-order valence-corrected chi connectivity index (χ1v) is 6.53. The second-order valence-corrected chi connectivity index (χ2v) is 5.09. The molecule has 0 spiro atoms. The Hall–Kier alpha value is -2.07. The molecule has 0 amide bonds. The fourth-order valence-corrected chi connectivity index (χ4v) is 2.62. The molecule has 0 saturated carbocycles. The smallest absolute Gasteiger partial charge is 0.159 e. The Balaban J connectivity index is 1.91. The summed E-state index contributed by atoms with van der Waals surface area (Å²) in [6.07, 6.45) is 3.53. The zero-order chi connectivity index (χ0) is 13.2. The average molecular weight is 273 g/mol. The lowest BCUT2D eigenvalue weighted by molar-refractivity contribution is 0.508. The molecule has 1 nitrogen and oxygen atoms in total. The van der Waals surface area contributed by atoms with Crippen LogP contribution in [0, 0.1) is 11.6 Å². The fourth-order valence-electron chi connectivity index (χ4n) is 1.74. The third kappa shape index (κ3) is 2.53. The van der Waals surface area contributed by atoms with Crippen molar-refractivity contribution >= 4 is 33.7 Å². The molecule has 0 saturated heterocycles. The molecule has 0 radical (unpaired) electrons. The van der Waals surface area contributed by atoms with Crippen LogP contribution in [0.4, 0.5) is 8.78 Å². The highest BCUT2D eigenvalue weighted by molar-refractivity contribution is 7.19. The summed E-state index contributed by atoms with van der Waals surface area (Å²) in [5.74, 6) is -1.68. The number of nitrogens with zero attached hydrogens (tertiary/aromatic N) is 1. The number of fused-ring (bicyclic) bond motifs is 1. The number of para-hydroxylation sites is 1. The van der Waals surface area contributed by atoms with Crippen molar-refractivity contribution in [3.63, 3.8) is 0 Å². The van der Waals surface area contributed by atoms with E-state index in [1.807, 2.05) is 24.3 Å². The van der Waals surface area contributed by atoms with Gasteiger partial charge >= 0.3 is 0 Å². The summed E-state index contributed by atoms with van der Waals surface area (Å²) >= 11 is 1.56. The van der Waals surface area contributed by atoms with Gasteiger partial charge in [0.2, 0.25) is 0 Å². The van der Waals surface area contributed by atoms with E-state index >= 15 is 0 Å². The highest BCUT2D eigenvalue weighted by Gasteiger charge is 2.01. The van der Waals surface area contributed by atoms with Crippen LogP contribution in [0.5, 0.6) is 0 Å². The first kappa shape index (κ1) is 12.0. The van der Waals surface area contributed by atoms with Crippen molar-refractivity contribution in [1.82, 2.24) is 4.98 Å². The summed E-state index contributed by atoms with van der Waals surface area (Å²) < 4.78 is 26.9. The molecule has 94 valence electrons. The lowest BCUT2D eigenvalue weighted by Gasteiger charge is -1.94. The van der Waals surface area contributed by atoms with Gasteiger partial charge in [-0.1, -0.05) is 24.3 Å². The van der Waals surface area contributed by atoms with Crippen molar-refractivity contribution in [3.8, 4) is 0 Å². The number of rotatable bonds is 2. The van der Waals surface area contributed by atoms with Gasteiger partial charge in [0.05, 0.1) is 10.2 Å². The van der Waals surface area contributed by atoms with E-state index in [4.69, 9.17) is 0 Å². The number of aromatic nitrogens is 1.